The number of carboxylic acid groups (broad SMARTS) is 1. The number of nitrogens with zero attached hydrogens (tertiary/aromatic N) is 1. The molecule has 0 bridgehead atoms. The van der Waals surface area contributed by atoms with Gasteiger partial charge in [0.15, 0.2) is 0 Å². The number of carbonyl (C=O) groups excluding carboxylic acids is 1. The topological polar surface area (TPSA) is 87.1 Å². The Morgan fingerprint density at radius 1 is 1.33 bits per heavy atom. The Hall–Kier alpha value is -1.92. The summed E-state index contributed by atoms with van der Waals surface area (Å²) in [7, 11) is 1.08. The van der Waals surface area contributed by atoms with Crippen molar-refractivity contribution in [1.82, 2.24) is 4.90 Å². The number of ether oxygens (including phenoxy) is 1. The van der Waals surface area contributed by atoms with E-state index in [1.54, 1.807) is 0 Å². The van der Waals surface area contributed by atoms with E-state index in [4.69, 9.17) is 5.11 Å². The summed E-state index contributed by atoms with van der Waals surface area (Å²) in [5.41, 5.74) is -1.20. The standard InChI is InChI=1S/C18H25NO5/c1-24-17(22)18(23,16(20)21)10-9-15-8-5-11-19(13-15)12-14-6-3-2-4-7-14/h2-4,6-7,15,23H,5,8-13H2,1H3,(H,20,21). The molecule has 2 rings (SSSR count). The summed E-state index contributed by atoms with van der Waals surface area (Å²) in [4.78, 5) is 25.2. The Kier molecular flexibility index (Phi) is 6.34. The number of hydrogen-bond donors (Lipinski definition) is 2. The predicted molar refractivity (Wildman–Crippen MR) is 88.3 cm³/mol. The van der Waals surface area contributed by atoms with Crippen molar-refractivity contribution in [2.24, 2.45) is 5.92 Å². The van der Waals surface area contributed by atoms with Gasteiger partial charge in [-0.15, -0.1) is 0 Å². The second kappa shape index (κ2) is 8.26. The molecule has 132 valence electrons. The van der Waals surface area contributed by atoms with E-state index in [2.05, 4.69) is 21.8 Å². The van der Waals surface area contributed by atoms with Crippen LogP contribution in [0.5, 0.6) is 0 Å². The first-order valence-corrected chi connectivity index (χ1v) is 8.26. The van der Waals surface area contributed by atoms with Crippen molar-refractivity contribution in [3.63, 3.8) is 0 Å². The van der Waals surface area contributed by atoms with Crippen LogP contribution in [-0.2, 0) is 20.9 Å². The van der Waals surface area contributed by atoms with Crippen molar-refractivity contribution in [3.8, 4) is 0 Å². The zero-order valence-corrected chi connectivity index (χ0v) is 14.0. The largest absolute Gasteiger partial charge is 0.479 e. The van der Waals surface area contributed by atoms with Gasteiger partial charge in [-0.3, -0.25) is 4.90 Å². The third-order valence-electron chi connectivity index (χ3n) is 4.64. The summed E-state index contributed by atoms with van der Waals surface area (Å²) >= 11 is 0. The molecule has 1 aromatic rings. The molecule has 2 atom stereocenters. The highest BCUT2D eigenvalue weighted by atomic mass is 16.5. The van der Waals surface area contributed by atoms with Crippen LogP contribution in [0, 0.1) is 5.92 Å². The number of piperidine rings is 1. The maximum atomic E-state index is 11.6. The molecular formula is C18H25NO5. The highest BCUT2D eigenvalue weighted by molar-refractivity contribution is 6.02. The summed E-state index contributed by atoms with van der Waals surface area (Å²) in [5, 5.41) is 19.3. The van der Waals surface area contributed by atoms with Gasteiger partial charge in [-0.1, -0.05) is 30.3 Å². The second-order valence-electron chi connectivity index (χ2n) is 6.42. The molecule has 1 heterocycles. The van der Waals surface area contributed by atoms with Crippen LogP contribution in [0.25, 0.3) is 0 Å². The zero-order chi connectivity index (χ0) is 17.6. The van der Waals surface area contributed by atoms with Crippen LogP contribution in [-0.4, -0.2) is 52.9 Å². The van der Waals surface area contributed by atoms with Crippen LogP contribution < -0.4 is 0 Å². The van der Waals surface area contributed by atoms with Crippen molar-refractivity contribution in [3.05, 3.63) is 35.9 Å². The molecule has 0 spiro atoms. The van der Waals surface area contributed by atoms with E-state index in [1.165, 1.54) is 5.56 Å². The first kappa shape index (κ1) is 18.4. The fraction of sp³-hybridized carbons (Fsp3) is 0.556. The Morgan fingerprint density at radius 3 is 2.67 bits per heavy atom. The normalized spacial score (nSPS) is 21.0. The maximum absolute atomic E-state index is 11.6. The SMILES string of the molecule is COC(=O)C(O)(CCC1CCCN(Cc2ccccc2)C1)C(=O)O. The molecule has 0 amide bonds. The molecular weight excluding hydrogens is 310 g/mol. The van der Waals surface area contributed by atoms with Crippen LogP contribution in [0.2, 0.25) is 0 Å². The molecule has 0 aromatic heterocycles. The van der Waals surface area contributed by atoms with Gasteiger partial charge >= 0.3 is 11.9 Å². The second-order valence-corrected chi connectivity index (χ2v) is 6.42. The summed E-state index contributed by atoms with van der Waals surface area (Å²) in [6.45, 7) is 2.70. The molecule has 1 aromatic carbocycles. The number of aliphatic carboxylic acids is 1. The van der Waals surface area contributed by atoms with Gasteiger partial charge in [0.05, 0.1) is 7.11 Å². The van der Waals surface area contributed by atoms with Crippen molar-refractivity contribution >= 4 is 11.9 Å². The van der Waals surface area contributed by atoms with Crippen LogP contribution >= 0.6 is 0 Å². The molecule has 2 N–H and O–H groups in total. The highest BCUT2D eigenvalue weighted by Crippen LogP contribution is 2.26. The fourth-order valence-corrected chi connectivity index (χ4v) is 3.25. The van der Waals surface area contributed by atoms with Crippen LogP contribution in [0.3, 0.4) is 0 Å². The molecule has 2 unspecified atom stereocenters. The van der Waals surface area contributed by atoms with E-state index in [0.717, 1.165) is 39.6 Å². The van der Waals surface area contributed by atoms with E-state index in [9.17, 15) is 14.7 Å². The van der Waals surface area contributed by atoms with Crippen molar-refractivity contribution in [2.75, 3.05) is 20.2 Å². The lowest BCUT2D eigenvalue weighted by atomic mass is 9.87. The Bertz CT molecular complexity index is 562. The average Bonchev–Trinajstić information content (AvgIpc) is 2.60. The third-order valence-corrected chi connectivity index (χ3v) is 4.64. The maximum Gasteiger partial charge on any atom is 0.349 e. The number of benzene rings is 1. The Labute approximate surface area is 142 Å². The smallest absolute Gasteiger partial charge is 0.349 e. The summed E-state index contributed by atoms with van der Waals surface area (Å²) in [6.07, 6.45) is 2.35. The zero-order valence-electron chi connectivity index (χ0n) is 14.0. The van der Waals surface area contributed by atoms with Crippen LogP contribution in [0.1, 0.15) is 31.2 Å². The van der Waals surface area contributed by atoms with Gasteiger partial charge in [0.2, 0.25) is 0 Å². The van der Waals surface area contributed by atoms with Gasteiger partial charge in [0.1, 0.15) is 0 Å². The van der Waals surface area contributed by atoms with E-state index in [0.29, 0.717) is 6.42 Å². The molecule has 24 heavy (non-hydrogen) atoms. The van der Waals surface area contributed by atoms with Crippen molar-refractivity contribution in [2.45, 2.75) is 37.8 Å². The van der Waals surface area contributed by atoms with Gasteiger partial charge in [0, 0.05) is 13.1 Å². The number of carboxylic acids is 1. The van der Waals surface area contributed by atoms with E-state index in [1.807, 2.05) is 18.2 Å². The minimum atomic E-state index is -2.45. The molecule has 1 saturated heterocycles. The van der Waals surface area contributed by atoms with Crippen molar-refractivity contribution < 1.29 is 24.5 Å². The van der Waals surface area contributed by atoms with Gasteiger partial charge in [-0.2, -0.15) is 0 Å². The fourth-order valence-electron chi connectivity index (χ4n) is 3.25. The molecule has 1 aliphatic rings. The molecule has 6 nitrogen and oxygen atoms in total. The van der Waals surface area contributed by atoms with Gasteiger partial charge in [0.25, 0.3) is 5.60 Å². The number of carbonyl (C=O) groups is 2. The van der Waals surface area contributed by atoms with E-state index < -0.39 is 17.5 Å². The molecule has 1 aliphatic heterocycles. The van der Waals surface area contributed by atoms with E-state index >= 15 is 0 Å². The van der Waals surface area contributed by atoms with Crippen molar-refractivity contribution in [1.29, 1.82) is 0 Å². The minimum Gasteiger partial charge on any atom is -0.479 e. The quantitative estimate of drug-likeness (QED) is 0.582. The first-order valence-electron chi connectivity index (χ1n) is 8.26. The van der Waals surface area contributed by atoms with Gasteiger partial charge < -0.3 is 14.9 Å². The lowest BCUT2D eigenvalue weighted by Crippen LogP contribution is -2.48. The minimum absolute atomic E-state index is 0.126. The number of esters is 1. The monoisotopic (exact) mass is 335 g/mol. The lowest BCUT2D eigenvalue weighted by molar-refractivity contribution is -0.179. The molecule has 0 saturated carbocycles. The number of likely N-dealkylation sites (tertiary alicyclic amines) is 1. The number of hydrogen-bond acceptors (Lipinski definition) is 5. The molecule has 0 aliphatic carbocycles. The van der Waals surface area contributed by atoms with Gasteiger partial charge in [-0.05, 0) is 43.7 Å². The lowest BCUT2D eigenvalue weighted by Gasteiger charge is -2.33. The predicted octanol–water partition coefficient (Wildman–Crippen LogP) is 1.67. The Balaban J connectivity index is 1.90. The number of rotatable bonds is 7. The third kappa shape index (κ3) is 4.55. The number of aliphatic hydroxyl groups is 1. The highest BCUT2D eigenvalue weighted by Gasteiger charge is 2.45. The molecule has 6 heteroatoms. The molecule has 0 radical (unpaired) electrons. The summed E-state index contributed by atoms with van der Waals surface area (Å²) in [6, 6.07) is 10.2. The van der Waals surface area contributed by atoms with Crippen LogP contribution in [0.4, 0.5) is 0 Å². The summed E-state index contributed by atoms with van der Waals surface area (Å²) in [5.74, 6) is -2.39. The molecule has 1 fully saturated rings. The van der Waals surface area contributed by atoms with Crippen LogP contribution in [0.15, 0.2) is 30.3 Å². The number of methoxy groups -OCH3 is 1. The summed E-state index contributed by atoms with van der Waals surface area (Å²) < 4.78 is 4.44. The van der Waals surface area contributed by atoms with Gasteiger partial charge in [-0.25, -0.2) is 9.59 Å². The Morgan fingerprint density at radius 2 is 2.04 bits per heavy atom. The van der Waals surface area contributed by atoms with E-state index in [-0.39, 0.29) is 12.3 Å². The first-order chi connectivity index (χ1) is 11.5. The average molecular weight is 335 g/mol.